The molecule has 3 heterocycles. The maximum atomic E-state index is 13.0. The van der Waals surface area contributed by atoms with Gasteiger partial charge in [0.2, 0.25) is 0 Å². The van der Waals surface area contributed by atoms with Crippen molar-refractivity contribution in [1.82, 2.24) is 19.6 Å². The summed E-state index contributed by atoms with van der Waals surface area (Å²) in [4.78, 5) is 17.5. The van der Waals surface area contributed by atoms with E-state index in [0.717, 1.165) is 58.7 Å². The van der Waals surface area contributed by atoms with E-state index in [-0.39, 0.29) is 5.91 Å². The van der Waals surface area contributed by atoms with Gasteiger partial charge in [0.1, 0.15) is 5.69 Å². The minimum absolute atomic E-state index is 0.0821. The predicted molar refractivity (Wildman–Crippen MR) is 88.4 cm³/mol. The van der Waals surface area contributed by atoms with E-state index in [0.29, 0.717) is 17.7 Å². The first-order valence-corrected chi connectivity index (χ1v) is 8.78. The number of nitrogens with zero attached hydrogens (tertiary/aromatic N) is 4. The Hall–Kier alpha value is -1.40. The highest BCUT2D eigenvalue weighted by Crippen LogP contribution is 2.22. The van der Waals surface area contributed by atoms with Gasteiger partial charge >= 0.3 is 0 Å². The van der Waals surface area contributed by atoms with Crippen LogP contribution in [-0.2, 0) is 11.3 Å². The highest BCUT2D eigenvalue weighted by Gasteiger charge is 2.31. The van der Waals surface area contributed by atoms with Crippen LogP contribution in [0.2, 0.25) is 0 Å². The lowest BCUT2D eigenvalue weighted by molar-refractivity contribution is 0.0530. The molecule has 3 rings (SSSR count). The van der Waals surface area contributed by atoms with Crippen LogP contribution in [-0.4, -0.2) is 71.4 Å². The van der Waals surface area contributed by atoms with Crippen molar-refractivity contribution < 1.29 is 9.53 Å². The number of rotatable bonds is 5. The fourth-order valence-electron chi connectivity index (χ4n) is 3.51. The zero-order valence-corrected chi connectivity index (χ0v) is 14.3. The Morgan fingerprint density at radius 3 is 2.78 bits per heavy atom. The number of amides is 1. The third kappa shape index (κ3) is 3.93. The van der Waals surface area contributed by atoms with Gasteiger partial charge in [0.05, 0.1) is 6.61 Å². The topological polar surface area (TPSA) is 50.6 Å². The van der Waals surface area contributed by atoms with Crippen LogP contribution < -0.4 is 0 Å². The number of carbonyl (C=O) groups is 1. The van der Waals surface area contributed by atoms with E-state index in [9.17, 15) is 4.79 Å². The molecule has 1 aromatic rings. The fourth-order valence-corrected chi connectivity index (χ4v) is 3.51. The van der Waals surface area contributed by atoms with Crippen molar-refractivity contribution in [2.24, 2.45) is 5.92 Å². The number of hydrogen-bond donors (Lipinski definition) is 0. The van der Waals surface area contributed by atoms with Crippen LogP contribution in [0.5, 0.6) is 0 Å². The number of likely N-dealkylation sites (tertiary alicyclic amines) is 1. The number of ether oxygens (including phenoxy) is 1. The number of piperidine rings is 1. The minimum Gasteiger partial charge on any atom is -0.381 e. The Bertz CT molecular complexity index is 516. The van der Waals surface area contributed by atoms with Crippen molar-refractivity contribution in [2.45, 2.75) is 38.8 Å². The fraction of sp³-hybridized carbons (Fsp3) is 0.765. The van der Waals surface area contributed by atoms with Crippen LogP contribution in [0.3, 0.4) is 0 Å². The second-order valence-electron chi connectivity index (χ2n) is 6.78. The summed E-state index contributed by atoms with van der Waals surface area (Å²) in [5, 5.41) is 4.42. The maximum Gasteiger partial charge on any atom is 0.274 e. The lowest BCUT2D eigenvalue weighted by Crippen LogP contribution is -2.48. The SMILES string of the molecule is CCn1ccc(C(=O)N(C[C@H]2CCOC2)C2CCN(C)CC2)n1. The Kier molecular flexibility index (Phi) is 5.33. The first-order valence-electron chi connectivity index (χ1n) is 8.78. The molecule has 2 aliphatic heterocycles. The molecular weight excluding hydrogens is 292 g/mol. The van der Waals surface area contributed by atoms with Crippen molar-refractivity contribution in [3.05, 3.63) is 18.0 Å². The molecule has 0 aliphatic carbocycles. The third-order valence-electron chi connectivity index (χ3n) is 5.05. The van der Waals surface area contributed by atoms with E-state index in [1.165, 1.54) is 0 Å². The molecule has 0 unspecified atom stereocenters. The summed E-state index contributed by atoms with van der Waals surface area (Å²) in [6.45, 7) is 7.33. The summed E-state index contributed by atoms with van der Waals surface area (Å²) < 4.78 is 7.32. The molecule has 0 saturated carbocycles. The van der Waals surface area contributed by atoms with Crippen molar-refractivity contribution >= 4 is 5.91 Å². The molecule has 23 heavy (non-hydrogen) atoms. The predicted octanol–water partition coefficient (Wildman–Crippen LogP) is 1.48. The Labute approximate surface area is 138 Å². The largest absolute Gasteiger partial charge is 0.381 e. The van der Waals surface area contributed by atoms with Gasteiger partial charge < -0.3 is 14.5 Å². The van der Waals surface area contributed by atoms with Crippen LogP contribution in [0, 0.1) is 5.92 Å². The summed E-state index contributed by atoms with van der Waals surface area (Å²) in [6, 6.07) is 2.17. The summed E-state index contributed by atoms with van der Waals surface area (Å²) in [7, 11) is 2.15. The highest BCUT2D eigenvalue weighted by molar-refractivity contribution is 5.92. The summed E-state index contributed by atoms with van der Waals surface area (Å²) in [5.41, 5.74) is 0.574. The second-order valence-corrected chi connectivity index (χ2v) is 6.78. The molecule has 6 nitrogen and oxygen atoms in total. The van der Waals surface area contributed by atoms with Crippen molar-refractivity contribution in [1.29, 1.82) is 0 Å². The van der Waals surface area contributed by atoms with Gasteiger partial charge in [0, 0.05) is 37.9 Å². The smallest absolute Gasteiger partial charge is 0.274 e. The van der Waals surface area contributed by atoms with Crippen molar-refractivity contribution in [3.8, 4) is 0 Å². The zero-order chi connectivity index (χ0) is 16.2. The van der Waals surface area contributed by atoms with Gasteiger partial charge in [0.25, 0.3) is 5.91 Å². The van der Waals surface area contributed by atoms with Crippen molar-refractivity contribution in [2.75, 3.05) is 39.9 Å². The summed E-state index contributed by atoms with van der Waals surface area (Å²) in [5.74, 6) is 0.547. The van der Waals surface area contributed by atoms with Crippen LogP contribution >= 0.6 is 0 Å². The normalized spacial score (nSPS) is 23.3. The highest BCUT2D eigenvalue weighted by atomic mass is 16.5. The molecule has 1 aromatic heterocycles. The molecule has 128 valence electrons. The van der Waals surface area contributed by atoms with Gasteiger partial charge in [-0.1, -0.05) is 0 Å². The molecule has 1 atom stereocenters. The Morgan fingerprint density at radius 2 is 2.17 bits per heavy atom. The third-order valence-corrected chi connectivity index (χ3v) is 5.05. The number of aromatic nitrogens is 2. The van der Waals surface area contributed by atoms with E-state index in [4.69, 9.17) is 4.74 Å². The lowest BCUT2D eigenvalue weighted by Gasteiger charge is -2.38. The van der Waals surface area contributed by atoms with Crippen LogP contribution in [0.1, 0.15) is 36.7 Å². The second kappa shape index (κ2) is 7.45. The maximum absolute atomic E-state index is 13.0. The van der Waals surface area contributed by atoms with Crippen LogP contribution in [0.25, 0.3) is 0 Å². The Balaban J connectivity index is 1.74. The van der Waals surface area contributed by atoms with Gasteiger partial charge in [-0.3, -0.25) is 9.48 Å². The zero-order valence-electron chi connectivity index (χ0n) is 14.3. The number of hydrogen-bond acceptors (Lipinski definition) is 4. The van der Waals surface area contributed by atoms with Gasteiger partial charge in [-0.05, 0) is 52.4 Å². The molecule has 0 N–H and O–H groups in total. The van der Waals surface area contributed by atoms with Crippen LogP contribution in [0.15, 0.2) is 12.3 Å². The number of aryl methyl sites for hydroxylation is 1. The van der Waals surface area contributed by atoms with E-state index in [1.807, 2.05) is 23.9 Å². The average Bonchev–Trinajstić information content (AvgIpc) is 3.24. The van der Waals surface area contributed by atoms with E-state index >= 15 is 0 Å². The average molecular weight is 320 g/mol. The first kappa shape index (κ1) is 16.5. The first-order chi connectivity index (χ1) is 11.2. The molecule has 2 fully saturated rings. The molecule has 2 aliphatic rings. The summed E-state index contributed by atoms with van der Waals surface area (Å²) >= 11 is 0. The standard InChI is InChI=1S/C17H28N4O2/c1-3-20-10-6-16(18-20)17(22)21(12-14-7-11-23-13-14)15-4-8-19(2)9-5-15/h6,10,14-15H,3-5,7-9,11-13H2,1-2H3/t14-/m1/s1. The van der Waals surface area contributed by atoms with Crippen molar-refractivity contribution in [3.63, 3.8) is 0 Å². The number of carbonyl (C=O) groups excluding carboxylic acids is 1. The lowest BCUT2D eigenvalue weighted by atomic mass is 10.00. The molecule has 0 spiro atoms. The molecule has 0 aromatic carbocycles. The molecule has 0 bridgehead atoms. The molecule has 1 amide bonds. The molecular formula is C17H28N4O2. The molecule has 6 heteroatoms. The van der Waals surface area contributed by atoms with Crippen LogP contribution in [0.4, 0.5) is 0 Å². The van der Waals surface area contributed by atoms with Gasteiger partial charge in [-0.2, -0.15) is 5.10 Å². The summed E-state index contributed by atoms with van der Waals surface area (Å²) in [6.07, 6.45) is 5.03. The molecule has 0 radical (unpaired) electrons. The quantitative estimate of drug-likeness (QED) is 0.824. The monoisotopic (exact) mass is 320 g/mol. The molecule has 2 saturated heterocycles. The van der Waals surface area contributed by atoms with Gasteiger partial charge in [-0.25, -0.2) is 0 Å². The van der Waals surface area contributed by atoms with Gasteiger partial charge in [-0.15, -0.1) is 0 Å². The minimum atomic E-state index is 0.0821. The van der Waals surface area contributed by atoms with Gasteiger partial charge in [0.15, 0.2) is 0 Å². The van der Waals surface area contributed by atoms with E-state index in [1.54, 1.807) is 0 Å². The van der Waals surface area contributed by atoms with E-state index < -0.39 is 0 Å². The van der Waals surface area contributed by atoms with E-state index in [2.05, 4.69) is 21.9 Å². The Morgan fingerprint density at radius 1 is 1.39 bits per heavy atom.